The highest BCUT2D eigenvalue weighted by Gasteiger charge is 2.05. The third-order valence-electron chi connectivity index (χ3n) is 2.88. The maximum absolute atomic E-state index is 5.84. The monoisotopic (exact) mass is 286 g/mol. The van der Waals surface area contributed by atoms with E-state index in [0.717, 1.165) is 35.8 Å². The number of pyridine rings is 1. The highest BCUT2D eigenvalue weighted by molar-refractivity contribution is 5.43. The van der Waals surface area contributed by atoms with Crippen molar-refractivity contribution >= 4 is 5.69 Å². The van der Waals surface area contributed by atoms with Gasteiger partial charge in [0, 0.05) is 18.4 Å². The maximum Gasteiger partial charge on any atom is 0.161 e. The van der Waals surface area contributed by atoms with Crippen molar-refractivity contribution in [2.75, 3.05) is 18.5 Å². The lowest BCUT2D eigenvalue weighted by Gasteiger charge is -2.12. The summed E-state index contributed by atoms with van der Waals surface area (Å²) in [5, 5.41) is 3.27. The van der Waals surface area contributed by atoms with E-state index in [1.54, 1.807) is 6.20 Å². The fourth-order valence-electron chi connectivity index (χ4n) is 1.92. The van der Waals surface area contributed by atoms with Crippen LogP contribution in [-0.2, 0) is 6.61 Å². The highest BCUT2D eigenvalue weighted by atomic mass is 16.5. The average Bonchev–Trinajstić information content (AvgIpc) is 2.52. The molecule has 0 aliphatic heterocycles. The van der Waals surface area contributed by atoms with E-state index in [4.69, 9.17) is 9.47 Å². The standard InChI is InChI=1S/C17H22N2O2/c1-3-11-20-16-7-5-6-8-17(16)21-13-15-12-14(18-4-2)9-10-19-15/h5-10,12H,3-4,11,13H2,1-2H3,(H,18,19). The van der Waals surface area contributed by atoms with Gasteiger partial charge in [-0.25, -0.2) is 0 Å². The molecule has 0 atom stereocenters. The van der Waals surface area contributed by atoms with E-state index in [1.165, 1.54) is 0 Å². The summed E-state index contributed by atoms with van der Waals surface area (Å²) in [5.41, 5.74) is 1.94. The van der Waals surface area contributed by atoms with E-state index in [-0.39, 0.29) is 0 Å². The number of benzene rings is 1. The lowest BCUT2D eigenvalue weighted by atomic mass is 10.3. The number of hydrogen-bond donors (Lipinski definition) is 1. The number of nitrogens with one attached hydrogen (secondary N) is 1. The average molecular weight is 286 g/mol. The quantitative estimate of drug-likeness (QED) is 0.799. The Morgan fingerprint density at radius 2 is 1.81 bits per heavy atom. The van der Waals surface area contributed by atoms with Crippen LogP contribution in [0.2, 0.25) is 0 Å². The van der Waals surface area contributed by atoms with Crippen LogP contribution in [0.15, 0.2) is 42.6 Å². The first kappa shape index (κ1) is 15.2. The van der Waals surface area contributed by atoms with Crippen LogP contribution in [0.5, 0.6) is 11.5 Å². The molecule has 2 aromatic rings. The summed E-state index contributed by atoms with van der Waals surface area (Å²) >= 11 is 0. The smallest absolute Gasteiger partial charge is 0.161 e. The summed E-state index contributed by atoms with van der Waals surface area (Å²) in [6, 6.07) is 11.7. The van der Waals surface area contributed by atoms with Gasteiger partial charge in [-0.1, -0.05) is 19.1 Å². The number of anilines is 1. The number of para-hydroxylation sites is 2. The van der Waals surface area contributed by atoms with Crippen molar-refractivity contribution in [3.63, 3.8) is 0 Å². The number of hydrogen-bond acceptors (Lipinski definition) is 4. The fourth-order valence-corrected chi connectivity index (χ4v) is 1.92. The van der Waals surface area contributed by atoms with Crippen LogP contribution < -0.4 is 14.8 Å². The molecule has 1 N–H and O–H groups in total. The molecule has 0 unspecified atom stereocenters. The Kier molecular flexibility index (Phi) is 5.88. The second-order valence-electron chi connectivity index (χ2n) is 4.65. The molecule has 1 heterocycles. The van der Waals surface area contributed by atoms with E-state index in [9.17, 15) is 0 Å². The predicted octanol–water partition coefficient (Wildman–Crippen LogP) is 3.88. The first-order chi connectivity index (χ1) is 10.3. The zero-order chi connectivity index (χ0) is 14.9. The van der Waals surface area contributed by atoms with Crippen LogP contribution in [0.25, 0.3) is 0 Å². The number of ether oxygens (including phenoxy) is 2. The van der Waals surface area contributed by atoms with Gasteiger partial charge in [-0.2, -0.15) is 0 Å². The van der Waals surface area contributed by atoms with Gasteiger partial charge < -0.3 is 14.8 Å². The Morgan fingerprint density at radius 1 is 1.05 bits per heavy atom. The molecule has 0 saturated carbocycles. The maximum atomic E-state index is 5.84. The van der Waals surface area contributed by atoms with Gasteiger partial charge in [0.05, 0.1) is 12.3 Å². The van der Waals surface area contributed by atoms with E-state index in [0.29, 0.717) is 13.2 Å². The van der Waals surface area contributed by atoms with E-state index in [2.05, 4.69) is 24.1 Å². The highest BCUT2D eigenvalue weighted by Crippen LogP contribution is 2.27. The second-order valence-corrected chi connectivity index (χ2v) is 4.65. The summed E-state index contributed by atoms with van der Waals surface area (Å²) in [7, 11) is 0. The molecule has 0 amide bonds. The van der Waals surface area contributed by atoms with Crippen molar-refractivity contribution < 1.29 is 9.47 Å². The van der Waals surface area contributed by atoms with Gasteiger partial charge in [-0.3, -0.25) is 4.98 Å². The van der Waals surface area contributed by atoms with Crippen LogP contribution in [0, 0.1) is 0 Å². The Labute approximate surface area is 126 Å². The van der Waals surface area contributed by atoms with E-state index in [1.807, 2.05) is 36.4 Å². The van der Waals surface area contributed by atoms with Gasteiger partial charge >= 0.3 is 0 Å². The number of nitrogens with zero attached hydrogens (tertiary/aromatic N) is 1. The Hall–Kier alpha value is -2.23. The number of aromatic nitrogens is 1. The summed E-state index contributed by atoms with van der Waals surface area (Å²) in [4.78, 5) is 4.32. The van der Waals surface area contributed by atoms with Gasteiger partial charge in [0.15, 0.2) is 11.5 Å². The SMILES string of the molecule is CCCOc1ccccc1OCc1cc(NCC)ccn1. The molecule has 0 aliphatic carbocycles. The topological polar surface area (TPSA) is 43.4 Å². The van der Waals surface area contributed by atoms with Crippen molar-refractivity contribution in [2.24, 2.45) is 0 Å². The lowest BCUT2D eigenvalue weighted by molar-refractivity contribution is 0.259. The summed E-state index contributed by atoms with van der Waals surface area (Å²) in [5.74, 6) is 1.53. The van der Waals surface area contributed by atoms with Gasteiger partial charge in [0.2, 0.25) is 0 Å². The van der Waals surface area contributed by atoms with Gasteiger partial charge in [-0.05, 0) is 37.6 Å². The third-order valence-corrected chi connectivity index (χ3v) is 2.88. The summed E-state index contributed by atoms with van der Waals surface area (Å²) < 4.78 is 11.5. The summed E-state index contributed by atoms with van der Waals surface area (Å²) in [6.45, 7) is 6.15. The van der Waals surface area contributed by atoms with Crippen LogP contribution in [0.1, 0.15) is 26.0 Å². The van der Waals surface area contributed by atoms with Crippen molar-refractivity contribution in [3.05, 3.63) is 48.3 Å². The van der Waals surface area contributed by atoms with Crippen molar-refractivity contribution in [2.45, 2.75) is 26.9 Å². The molecule has 1 aromatic carbocycles. The molecule has 2 rings (SSSR count). The van der Waals surface area contributed by atoms with Gasteiger partial charge in [-0.15, -0.1) is 0 Å². The van der Waals surface area contributed by atoms with E-state index >= 15 is 0 Å². The molecule has 0 saturated heterocycles. The Morgan fingerprint density at radius 3 is 2.52 bits per heavy atom. The molecule has 4 heteroatoms. The molecule has 0 bridgehead atoms. The van der Waals surface area contributed by atoms with Gasteiger partial charge in [0.1, 0.15) is 6.61 Å². The van der Waals surface area contributed by atoms with Crippen LogP contribution >= 0.6 is 0 Å². The Bertz CT molecular complexity index is 558. The first-order valence-electron chi connectivity index (χ1n) is 7.37. The van der Waals surface area contributed by atoms with Crippen molar-refractivity contribution in [1.82, 2.24) is 4.98 Å². The molecule has 4 nitrogen and oxygen atoms in total. The molecule has 0 spiro atoms. The molecular weight excluding hydrogens is 264 g/mol. The van der Waals surface area contributed by atoms with Crippen molar-refractivity contribution in [3.8, 4) is 11.5 Å². The van der Waals surface area contributed by atoms with Crippen molar-refractivity contribution in [1.29, 1.82) is 0 Å². The molecule has 112 valence electrons. The predicted molar refractivity (Wildman–Crippen MR) is 85.0 cm³/mol. The molecule has 0 radical (unpaired) electrons. The minimum Gasteiger partial charge on any atom is -0.490 e. The second kappa shape index (κ2) is 8.15. The molecule has 21 heavy (non-hydrogen) atoms. The van der Waals surface area contributed by atoms with Crippen LogP contribution in [-0.4, -0.2) is 18.1 Å². The van der Waals surface area contributed by atoms with Crippen LogP contribution in [0.3, 0.4) is 0 Å². The molecular formula is C17H22N2O2. The molecule has 0 fully saturated rings. The van der Waals surface area contributed by atoms with Crippen LogP contribution in [0.4, 0.5) is 5.69 Å². The zero-order valence-corrected chi connectivity index (χ0v) is 12.6. The summed E-state index contributed by atoms with van der Waals surface area (Å²) in [6.07, 6.45) is 2.76. The first-order valence-corrected chi connectivity index (χ1v) is 7.37. The van der Waals surface area contributed by atoms with E-state index < -0.39 is 0 Å². The fraction of sp³-hybridized carbons (Fsp3) is 0.353. The third kappa shape index (κ3) is 4.67. The number of rotatable bonds is 8. The molecule has 0 aliphatic rings. The normalized spacial score (nSPS) is 10.2. The minimum atomic E-state index is 0.422. The lowest BCUT2D eigenvalue weighted by Crippen LogP contribution is -2.03. The van der Waals surface area contributed by atoms with Gasteiger partial charge in [0.25, 0.3) is 0 Å². The minimum absolute atomic E-state index is 0.422. The molecule has 1 aromatic heterocycles. The zero-order valence-electron chi connectivity index (χ0n) is 12.6. The Balaban J connectivity index is 2.00. The largest absolute Gasteiger partial charge is 0.490 e.